The molecule has 3 aliphatic heterocycles. The largest absolute Gasteiger partial charge is 0.456 e. The van der Waals surface area contributed by atoms with Crippen LogP contribution in [0.4, 0.5) is 16.2 Å². The van der Waals surface area contributed by atoms with Crippen LogP contribution < -0.4 is 0 Å². The van der Waals surface area contributed by atoms with E-state index in [0.717, 1.165) is 0 Å². The second kappa shape index (κ2) is 14.3. The first-order chi connectivity index (χ1) is 23.9. The van der Waals surface area contributed by atoms with Crippen LogP contribution in [0.25, 0.3) is 0 Å². The molecule has 0 bridgehead atoms. The number of β-lactam (4-membered cyclic amide) rings is 1. The number of aliphatic hydroxyl groups is 1. The van der Waals surface area contributed by atoms with E-state index in [2.05, 4.69) is 4.98 Å². The molecule has 1 aromatic heterocycles. The average molecular weight is 707 g/mol. The predicted octanol–water partition coefficient (Wildman–Crippen LogP) is 4.02. The molecular weight excluding hydrogens is 672 g/mol. The summed E-state index contributed by atoms with van der Waals surface area (Å²) in [4.78, 5) is 69.1. The Kier molecular flexibility index (Phi) is 9.88. The van der Waals surface area contributed by atoms with E-state index in [1.807, 2.05) is 11.5 Å². The van der Waals surface area contributed by atoms with Crippen LogP contribution in [-0.4, -0.2) is 82.3 Å². The van der Waals surface area contributed by atoms with E-state index >= 15 is 0 Å². The van der Waals surface area contributed by atoms with Crippen molar-refractivity contribution >= 4 is 41.1 Å². The summed E-state index contributed by atoms with van der Waals surface area (Å²) in [5, 5.41) is 32.2. The number of carbonyl (C=O) groups excluding carboxylic acids is 3. The third-order valence-electron chi connectivity index (χ3n) is 9.21. The van der Waals surface area contributed by atoms with E-state index in [0.29, 0.717) is 29.0 Å². The number of nitro groups is 2. The zero-order valence-electron chi connectivity index (χ0n) is 27.1. The molecule has 0 spiro atoms. The quantitative estimate of drug-likeness (QED) is 0.123. The standard InChI is InChI=1S/C33H34N6O10S/c1-19-28-27(20(2)40)31(41)37(28)29(32(42)48-16-21-3-7-23(8-4-21)38(44)45)30(19)50-26-13-25(14-35-12-11-34-18-35)36(15-26)33(43)49-17-22-5-9-24(10-6-22)39(46)47/h3-12,18-20,25-28,40H,13-17H2,1-2H3/t19-,20-,25+,26+,27-,28-/m1/s1. The fourth-order valence-electron chi connectivity index (χ4n) is 6.72. The second-order valence-corrected chi connectivity index (χ2v) is 13.8. The summed E-state index contributed by atoms with van der Waals surface area (Å²) in [5.41, 5.74) is 1.04. The van der Waals surface area contributed by atoms with Crippen molar-refractivity contribution in [3.63, 3.8) is 0 Å². The smallest absolute Gasteiger partial charge is 0.410 e. The first-order valence-electron chi connectivity index (χ1n) is 15.9. The summed E-state index contributed by atoms with van der Waals surface area (Å²) in [6, 6.07) is 10.6. The lowest BCUT2D eigenvalue weighted by Crippen LogP contribution is -2.63. The number of fused-ring (bicyclic) bond motifs is 1. The van der Waals surface area contributed by atoms with Crippen molar-refractivity contribution < 1.29 is 38.8 Å². The van der Waals surface area contributed by atoms with Gasteiger partial charge >= 0.3 is 12.1 Å². The first kappa shape index (κ1) is 34.6. The minimum absolute atomic E-state index is 0.0730. The molecule has 3 aliphatic rings. The van der Waals surface area contributed by atoms with Crippen LogP contribution in [0.1, 0.15) is 31.4 Å². The van der Waals surface area contributed by atoms with E-state index in [1.165, 1.54) is 65.2 Å². The monoisotopic (exact) mass is 706 g/mol. The summed E-state index contributed by atoms with van der Waals surface area (Å²) in [6.45, 7) is 3.87. The molecule has 50 heavy (non-hydrogen) atoms. The highest BCUT2D eigenvalue weighted by atomic mass is 32.2. The molecule has 1 N–H and O–H groups in total. The van der Waals surface area contributed by atoms with Crippen LogP contribution in [0.5, 0.6) is 0 Å². The van der Waals surface area contributed by atoms with Gasteiger partial charge in [0.2, 0.25) is 5.91 Å². The molecule has 2 aromatic carbocycles. The molecule has 0 radical (unpaired) electrons. The molecule has 0 saturated carbocycles. The number of carbonyl (C=O) groups is 3. The number of hydrogen-bond acceptors (Lipinski definition) is 12. The number of nitro benzene ring substituents is 2. The van der Waals surface area contributed by atoms with E-state index in [4.69, 9.17) is 9.47 Å². The van der Waals surface area contributed by atoms with E-state index < -0.39 is 40.0 Å². The van der Waals surface area contributed by atoms with Crippen molar-refractivity contribution in [2.24, 2.45) is 11.8 Å². The molecule has 262 valence electrons. The van der Waals surface area contributed by atoms with Gasteiger partial charge in [0.15, 0.2) is 0 Å². The molecule has 17 heteroatoms. The van der Waals surface area contributed by atoms with Crippen LogP contribution in [0.3, 0.4) is 0 Å². The van der Waals surface area contributed by atoms with Crippen molar-refractivity contribution in [2.45, 2.75) is 63.5 Å². The normalized spacial score (nSPS) is 23.3. The number of aliphatic hydroxyl groups excluding tert-OH is 1. The van der Waals surface area contributed by atoms with Crippen molar-refractivity contribution in [3.8, 4) is 0 Å². The molecule has 0 aliphatic carbocycles. The van der Waals surface area contributed by atoms with E-state index in [-0.39, 0.29) is 59.9 Å². The summed E-state index contributed by atoms with van der Waals surface area (Å²) < 4.78 is 13.1. The molecule has 16 nitrogen and oxygen atoms in total. The minimum atomic E-state index is -0.931. The number of rotatable bonds is 12. The molecule has 4 heterocycles. The highest BCUT2D eigenvalue weighted by Crippen LogP contribution is 2.52. The molecule has 6 rings (SSSR count). The maximum absolute atomic E-state index is 13.7. The van der Waals surface area contributed by atoms with Gasteiger partial charge in [-0.2, -0.15) is 0 Å². The number of hydrogen-bond donors (Lipinski definition) is 1. The van der Waals surface area contributed by atoms with Crippen LogP contribution in [-0.2, 0) is 38.8 Å². The zero-order valence-corrected chi connectivity index (χ0v) is 27.9. The SMILES string of the molecule is C[C@@H](O)[C@H]1C(=O)N2C(C(=O)OCc3ccc([N+](=O)[O-])cc3)=C(S[C@H]3C[C@@H](Cn4ccnc4)N(C(=O)OCc4ccc([N+](=O)[O-])cc4)C3)[C@H](C)[C@H]12. The fraction of sp³-hybridized carbons (Fsp3) is 0.394. The zero-order chi connectivity index (χ0) is 35.7. The number of likely N-dealkylation sites (tertiary alicyclic amines) is 1. The van der Waals surface area contributed by atoms with Gasteiger partial charge in [0.1, 0.15) is 18.9 Å². The van der Waals surface area contributed by atoms with Crippen LogP contribution >= 0.6 is 11.8 Å². The highest BCUT2D eigenvalue weighted by molar-refractivity contribution is 8.03. The fourth-order valence-corrected chi connectivity index (χ4v) is 8.28. The Labute approximate surface area is 290 Å². The molecule has 2 fully saturated rings. The molecule has 0 unspecified atom stereocenters. The Morgan fingerprint density at radius 3 is 2.16 bits per heavy atom. The summed E-state index contributed by atoms with van der Waals surface area (Å²) in [6.07, 6.45) is 4.09. The second-order valence-electron chi connectivity index (χ2n) is 12.5. The number of imidazole rings is 1. The maximum Gasteiger partial charge on any atom is 0.410 e. The van der Waals surface area contributed by atoms with Crippen molar-refractivity contribution in [3.05, 3.63) is 109 Å². The lowest BCUT2D eigenvalue weighted by molar-refractivity contribution is -0.385. The van der Waals surface area contributed by atoms with Crippen LogP contribution in [0.15, 0.2) is 77.9 Å². The van der Waals surface area contributed by atoms with Crippen molar-refractivity contribution in [1.29, 1.82) is 0 Å². The van der Waals surface area contributed by atoms with Gasteiger partial charge in [-0.05, 0) is 48.7 Å². The van der Waals surface area contributed by atoms with Gasteiger partial charge in [0, 0.05) is 65.8 Å². The topological polar surface area (TPSA) is 200 Å². The number of non-ortho nitro benzene ring substituents is 2. The Balaban J connectivity index is 1.21. The third-order valence-corrected chi connectivity index (χ3v) is 10.7. The number of aromatic nitrogens is 2. The van der Waals surface area contributed by atoms with Gasteiger partial charge < -0.3 is 28.9 Å². The Bertz CT molecular complexity index is 1810. The Morgan fingerprint density at radius 2 is 1.62 bits per heavy atom. The molecule has 6 atom stereocenters. The number of nitrogens with zero attached hydrogens (tertiary/aromatic N) is 6. The van der Waals surface area contributed by atoms with Crippen LogP contribution in [0.2, 0.25) is 0 Å². The van der Waals surface area contributed by atoms with E-state index in [1.54, 1.807) is 30.5 Å². The van der Waals surface area contributed by atoms with Crippen molar-refractivity contribution in [1.82, 2.24) is 19.4 Å². The molecule has 2 saturated heterocycles. The molecule has 3 aromatic rings. The number of amides is 2. The molecule has 2 amide bonds. The highest BCUT2D eigenvalue weighted by Gasteiger charge is 2.60. The lowest BCUT2D eigenvalue weighted by Gasteiger charge is -2.46. The summed E-state index contributed by atoms with van der Waals surface area (Å²) in [5.74, 6) is -2.11. The van der Waals surface area contributed by atoms with Gasteiger partial charge in [-0.1, -0.05) is 6.92 Å². The van der Waals surface area contributed by atoms with Gasteiger partial charge in [-0.25, -0.2) is 14.6 Å². The summed E-state index contributed by atoms with van der Waals surface area (Å²) in [7, 11) is 0. The van der Waals surface area contributed by atoms with Gasteiger partial charge in [-0.15, -0.1) is 11.8 Å². The number of thioether (sulfide) groups is 1. The van der Waals surface area contributed by atoms with Gasteiger partial charge in [-0.3, -0.25) is 25.0 Å². The Hall–Kier alpha value is -5.29. The minimum Gasteiger partial charge on any atom is -0.456 e. The molecular formula is C33H34N6O10S. The predicted molar refractivity (Wildman–Crippen MR) is 177 cm³/mol. The number of esters is 1. The lowest BCUT2D eigenvalue weighted by atomic mass is 9.79. The average Bonchev–Trinajstić information content (AvgIpc) is 3.81. The van der Waals surface area contributed by atoms with Crippen LogP contribution in [0, 0.1) is 32.1 Å². The summed E-state index contributed by atoms with van der Waals surface area (Å²) >= 11 is 1.40. The Morgan fingerprint density at radius 1 is 1.02 bits per heavy atom. The van der Waals surface area contributed by atoms with Gasteiger partial charge in [0.25, 0.3) is 11.4 Å². The third kappa shape index (κ3) is 6.91. The number of ether oxygens (including phenoxy) is 2. The van der Waals surface area contributed by atoms with Gasteiger partial charge in [0.05, 0.1) is 40.3 Å². The van der Waals surface area contributed by atoms with E-state index in [9.17, 15) is 39.7 Å². The maximum atomic E-state index is 13.7. The van der Waals surface area contributed by atoms with Crippen molar-refractivity contribution in [2.75, 3.05) is 6.54 Å². The number of benzene rings is 2. The first-order valence-corrected chi connectivity index (χ1v) is 16.8.